The first-order valence-corrected chi connectivity index (χ1v) is 7.04. The van der Waals surface area contributed by atoms with Gasteiger partial charge in [0, 0.05) is 29.3 Å². The summed E-state index contributed by atoms with van der Waals surface area (Å²) in [7, 11) is 3.33. The standard InChI is InChI=1S/C16H19ClN2O.ClH/c1-19(2,20)12-10-15(16-5-3-4-11-18-16)13-6-8-14(17)9-7-13;/h3-9,11,15H,10,12H2,1-2H3;1H. The molecule has 1 heterocycles. The maximum atomic E-state index is 11.8. The van der Waals surface area contributed by atoms with Gasteiger partial charge >= 0.3 is 0 Å². The Labute approximate surface area is 137 Å². The molecule has 3 nitrogen and oxygen atoms in total. The molecule has 0 N–H and O–H groups in total. The van der Waals surface area contributed by atoms with Crippen LogP contribution >= 0.6 is 24.0 Å². The second-order valence-corrected chi connectivity index (χ2v) is 5.88. The summed E-state index contributed by atoms with van der Waals surface area (Å²) in [6.45, 7) is 0.546. The highest BCUT2D eigenvalue weighted by Crippen LogP contribution is 2.28. The van der Waals surface area contributed by atoms with Crippen molar-refractivity contribution >= 4 is 24.0 Å². The Morgan fingerprint density at radius 2 is 1.81 bits per heavy atom. The lowest BCUT2D eigenvalue weighted by Crippen LogP contribution is -2.34. The quantitative estimate of drug-likeness (QED) is 0.608. The third kappa shape index (κ3) is 5.64. The minimum atomic E-state index is -0.295. The summed E-state index contributed by atoms with van der Waals surface area (Å²) < 4.78 is -0.295. The van der Waals surface area contributed by atoms with Crippen LogP contribution in [0, 0.1) is 5.21 Å². The van der Waals surface area contributed by atoms with E-state index in [1.165, 1.54) is 0 Å². The van der Waals surface area contributed by atoms with Gasteiger partial charge in [-0.1, -0.05) is 29.8 Å². The summed E-state index contributed by atoms with van der Waals surface area (Å²) in [5, 5.41) is 12.5. The van der Waals surface area contributed by atoms with Crippen molar-refractivity contribution in [3.63, 3.8) is 0 Å². The number of aromatic nitrogens is 1. The van der Waals surface area contributed by atoms with Gasteiger partial charge in [0.05, 0.1) is 20.6 Å². The molecule has 0 amide bonds. The molecule has 1 unspecified atom stereocenters. The number of rotatable bonds is 5. The van der Waals surface area contributed by atoms with E-state index >= 15 is 0 Å². The van der Waals surface area contributed by atoms with Crippen molar-refractivity contribution in [2.45, 2.75) is 12.3 Å². The first-order chi connectivity index (χ1) is 9.46. The second kappa shape index (κ2) is 7.76. The fourth-order valence-electron chi connectivity index (χ4n) is 2.20. The van der Waals surface area contributed by atoms with Crippen LogP contribution in [0.2, 0.25) is 5.02 Å². The smallest absolute Gasteiger partial charge is 0.0789 e. The topological polar surface area (TPSA) is 36.0 Å². The van der Waals surface area contributed by atoms with Crippen LogP contribution in [0.4, 0.5) is 0 Å². The van der Waals surface area contributed by atoms with Crippen LogP contribution in [-0.2, 0) is 0 Å². The lowest BCUT2D eigenvalue weighted by atomic mass is 9.92. The second-order valence-electron chi connectivity index (χ2n) is 5.44. The zero-order valence-corrected chi connectivity index (χ0v) is 13.8. The van der Waals surface area contributed by atoms with E-state index in [2.05, 4.69) is 4.98 Å². The largest absolute Gasteiger partial charge is 0.633 e. The van der Waals surface area contributed by atoms with Gasteiger partial charge in [-0.25, -0.2) is 0 Å². The van der Waals surface area contributed by atoms with E-state index in [1.54, 1.807) is 20.3 Å². The Hall–Kier alpha value is -1.13. The van der Waals surface area contributed by atoms with E-state index in [4.69, 9.17) is 11.6 Å². The Kier molecular flexibility index (Phi) is 6.62. The predicted octanol–water partition coefficient (Wildman–Crippen LogP) is 4.25. The van der Waals surface area contributed by atoms with Crippen LogP contribution in [0.25, 0.3) is 0 Å². The molecule has 0 spiro atoms. The van der Waals surface area contributed by atoms with Gasteiger partial charge in [0.2, 0.25) is 0 Å². The fraction of sp³-hybridized carbons (Fsp3) is 0.312. The number of hydroxylamine groups is 3. The summed E-state index contributed by atoms with van der Waals surface area (Å²) >= 11 is 5.94. The van der Waals surface area contributed by atoms with Crippen LogP contribution in [0.3, 0.4) is 0 Å². The van der Waals surface area contributed by atoms with Crippen molar-refractivity contribution < 1.29 is 4.65 Å². The molecule has 2 rings (SSSR count). The van der Waals surface area contributed by atoms with E-state index in [0.29, 0.717) is 11.6 Å². The molecule has 114 valence electrons. The molecule has 0 aliphatic carbocycles. The Bertz CT molecular complexity index is 538. The third-order valence-electron chi connectivity index (χ3n) is 3.27. The SMILES string of the molecule is C[N+](C)([O-])CCC(c1ccc(Cl)cc1)c1ccccn1.Cl. The minimum absolute atomic E-state index is 0. The number of hydrogen-bond acceptors (Lipinski definition) is 2. The summed E-state index contributed by atoms with van der Waals surface area (Å²) in [6.07, 6.45) is 2.55. The van der Waals surface area contributed by atoms with Gasteiger partial charge < -0.3 is 9.85 Å². The number of benzene rings is 1. The van der Waals surface area contributed by atoms with Crippen molar-refractivity contribution in [2.24, 2.45) is 0 Å². The minimum Gasteiger partial charge on any atom is -0.633 e. The molecule has 0 aliphatic heterocycles. The van der Waals surface area contributed by atoms with Crippen LogP contribution in [0.1, 0.15) is 23.6 Å². The van der Waals surface area contributed by atoms with Crippen LogP contribution < -0.4 is 0 Å². The average molecular weight is 327 g/mol. The van der Waals surface area contributed by atoms with E-state index < -0.39 is 0 Å². The van der Waals surface area contributed by atoms with Gasteiger partial charge in [0.15, 0.2) is 0 Å². The Morgan fingerprint density at radius 1 is 1.14 bits per heavy atom. The molecular formula is C16H20Cl2N2O. The normalized spacial score (nSPS) is 12.6. The molecular weight excluding hydrogens is 307 g/mol. The van der Waals surface area contributed by atoms with E-state index in [-0.39, 0.29) is 23.0 Å². The van der Waals surface area contributed by atoms with Gasteiger partial charge in [-0.15, -0.1) is 12.4 Å². The van der Waals surface area contributed by atoms with Crippen LogP contribution in [0.5, 0.6) is 0 Å². The lowest BCUT2D eigenvalue weighted by Gasteiger charge is -2.35. The molecule has 0 bridgehead atoms. The zero-order chi connectivity index (χ0) is 14.6. The molecule has 5 heteroatoms. The molecule has 0 fully saturated rings. The van der Waals surface area contributed by atoms with Gasteiger partial charge in [0.1, 0.15) is 0 Å². The summed E-state index contributed by atoms with van der Waals surface area (Å²) in [5.74, 6) is 0.125. The van der Waals surface area contributed by atoms with Crippen molar-refractivity contribution in [1.82, 2.24) is 4.98 Å². The monoisotopic (exact) mass is 326 g/mol. The van der Waals surface area contributed by atoms with Gasteiger partial charge in [0.25, 0.3) is 0 Å². The van der Waals surface area contributed by atoms with E-state index in [1.807, 2.05) is 42.5 Å². The average Bonchev–Trinajstić information content (AvgIpc) is 2.41. The van der Waals surface area contributed by atoms with E-state index in [0.717, 1.165) is 17.7 Å². The third-order valence-corrected chi connectivity index (χ3v) is 3.53. The number of halogens is 2. The molecule has 1 aromatic carbocycles. The number of hydrogen-bond donors (Lipinski definition) is 0. The van der Waals surface area contributed by atoms with Crippen molar-refractivity contribution in [1.29, 1.82) is 0 Å². The molecule has 1 aromatic heterocycles. The first kappa shape index (κ1) is 17.9. The lowest BCUT2D eigenvalue weighted by molar-refractivity contribution is -0.840. The van der Waals surface area contributed by atoms with Crippen molar-refractivity contribution in [2.75, 3.05) is 20.6 Å². The highest BCUT2D eigenvalue weighted by molar-refractivity contribution is 6.30. The molecule has 0 aliphatic rings. The van der Waals surface area contributed by atoms with Crippen LogP contribution in [0.15, 0.2) is 48.7 Å². The highest BCUT2D eigenvalue weighted by atomic mass is 35.5. The molecule has 0 saturated carbocycles. The Balaban J connectivity index is 0.00000220. The van der Waals surface area contributed by atoms with Crippen LogP contribution in [-0.4, -0.2) is 30.3 Å². The first-order valence-electron chi connectivity index (χ1n) is 6.66. The van der Waals surface area contributed by atoms with Gasteiger partial charge in [-0.05, 0) is 29.8 Å². The van der Waals surface area contributed by atoms with E-state index in [9.17, 15) is 5.21 Å². The molecule has 21 heavy (non-hydrogen) atoms. The summed E-state index contributed by atoms with van der Waals surface area (Å²) in [4.78, 5) is 4.44. The summed E-state index contributed by atoms with van der Waals surface area (Å²) in [6, 6.07) is 13.6. The predicted molar refractivity (Wildman–Crippen MR) is 89.7 cm³/mol. The molecule has 1 atom stereocenters. The number of nitrogens with zero attached hydrogens (tertiary/aromatic N) is 2. The summed E-state index contributed by atoms with van der Waals surface area (Å²) in [5.41, 5.74) is 2.13. The highest BCUT2D eigenvalue weighted by Gasteiger charge is 2.18. The number of quaternary nitrogens is 1. The van der Waals surface area contributed by atoms with Gasteiger partial charge in [-0.2, -0.15) is 0 Å². The number of pyridine rings is 1. The maximum Gasteiger partial charge on any atom is 0.0789 e. The van der Waals surface area contributed by atoms with Crippen molar-refractivity contribution in [3.05, 3.63) is 70.1 Å². The maximum absolute atomic E-state index is 11.8. The Morgan fingerprint density at radius 3 is 2.33 bits per heavy atom. The molecule has 0 radical (unpaired) electrons. The molecule has 0 saturated heterocycles. The van der Waals surface area contributed by atoms with Gasteiger partial charge in [-0.3, -0.25) is 4.98 Å². The fourth-order valence-corrected chi connectivity index (χ4v) is 2.33. The zero-order valence-electron chi connectivity index (χ0n) is 12.2. The molecule has 2 aromatic rings. The van der Waals surface area contributed by atoms with Crippen molar-refractivity contribution in [3.8, 4) is 0 Å².